The van der Waals surface area contributed by atoms with Gasteiger partial charge in [-0.15, -0.1) is 0 Å². The Labute approximate surface area is 151 Å². The molecule has 2 heterocycles. The van der Waals surface area contributed by atoms with Crippen molar-refractivity contribution in [3.05, 3.63) is 65.0 Å². The molecular formula is C20H19N3OS. The molecule has 1 aliphatic carbocycles. The zero-order valence-corrected chi connectivity index (χ0v) is 14.7. The molecule has 126 valence electrons. The van der Waals surface area contributed by atoms with Crippen LogP contribution >= 0.6 is 11.8 Å². The molecular weight excluding hydrogens is 330 g/mol. The van der Waals surface area contributed by atoms with Crippen LogP contribution in [0.25, 0.3) is 5.57 Å². The number of nitrogens with one attached hydrogen (secondary N) is 1. The number of aryl methyl sites for hydroxylation is 1. The van der Waals surface area contributed by atoms with Crippen LogP contribution < -0.4 is 5.32 Å². The minimum Gasteiger partial charge on any atom is -0.348 e. The Morgan fingerprint density at radius 3 is 2.76 bits per heavy atom. The second-order valence-corrected chi connectivity index (χ2v) is 7.57. The van der Waals surface area contributed by atoms with Crippen LogP contribution in [0.1, 0.15) is 28.8 Å². The molecule has 25 heavy (non-hydrogen) atoms. The van der Waals surface area contributed by atoms with Gasteiger partial charge in [0.15, 0.2) is 0 Å². The van der Waals surface area contributed by atoms with Crippen molar-refractivity contribution in [1.82, 2.24) is 9.88 Å². The van der Waals surface area contributed by atoms with Gasteiger partial charge in [-0.05, 0) is 42.2 Å². The zero-order chi connectivity index (χ0) is 17.2. The highest BCUT2D eigenvalue weighted by molar-refractivity contribution is 8.00. The molecule has 1 aliphatic heterocycles. The molecule has 0 saturated carbocycles. The Morgan fingerprint density at radius 2 is 2.08 bits per heavy atom. The van der Waals surface area contributed by atoms with Crippen LogP contribution in [0.3, 0.4) is 0 Å². The predicted octanol–water partition coefficient (Wildman–Crippen LogP) is 2.97. The van der Waals surface area contributed by atoms with Crippen LogP contribution in [0.4, 0.5) is 0 Å². The fourth-order valence-electron chi connectivity index (χ4n) is 3.31. The third-order valence-electron chi connectivity index (χ3n) is 4.72. The summed E-state index contributed by atoms with van der Waals surface area (Å²) >= 11 is 1.87. The molecule has 4 nitrogen and oxygen atoms in total. The van der Waals surface area contributed by atoms with Gasteiger partial charge in [0.2, 0.25) is 0 Å². The average Bonchev–Trinajstić information content (AvgIpc) is 3.02. The van der Waals surface area contributed by atoms with Gasteiger partial charge in [-0.25, -0.2) is 0 Å². The summed E-state index contributed by atoms with van der Waals surface area (Å²) in [5.74, 6) is 2.07. The van der Waals surface area contributed by atoms with Crippen molar-refractivity contribution in [1.29, 1.82) is 5.26 Å². The molecule has 1 amide bonds. The molecule has 2 aromatic rings. The van der Waals surface area contributed by atoms with E-state index in [1.807, 2.05) is 36.0 Å². The number of nitrogens with zero attached hydrogens (tertiary/aromatic N) is 2. The largest absolute Gasteiger partial charge is 0.348 e. The highest BCUT2D eigenvalue weighted by Gasteiger charge is 2.26. The van der Waals surface area contributed by atoms with Gasteiger partial charge in [-0.1, -0.05) is 18.2 Å². The van der Waals surface area contributed by atoms with Crippen molar-refractivity contribution in [2.45, 2.75) is 25.4 Å². The minimum absolute atomic E-state index is 0.0472. The molecule has 1 aromatic heterocycles. The van der Waals surface area contributed by atoms with E-state index >= 15 is 0 Å². The molecule has 1 N–H and O–H groups in total. The standard InChI is InChI=1S/C20H19N3OS/c21-10-14-4-6-15(7-5-14)11-23-9-8-16-2-1-3-18(19(16)23)20(24)22-17-12-25-13-17/h3-9,17H,1-2,11-13H2,(H,22,24). The summed E-state index contributed by atoms with van der Waals surface area (Å²) in [6.07, 6.45) is 6.02. The first kappa shape index (κ1) is 16.0. The maximum absolute atomic E-state index is 12.7. The Balaban J connectivity index is 1.59. The first-order valence-electron chi connectivity index (χ1n) is 8.51. The highest BCUT2D eigenvalue weighted by atomic mass is 32.2. The zero-order valence-electron chi connectivity index (χ0n) is 13.9. The summed E-state index contributed by atoms with van der Waals surface area (Å²) < 4.78 is 2.15. The SMILES string of the molecule is N#Cc1ccc(Cn2ccc3c2C(C(=O)NC2CSC2)=CCC3)cc1. The van der Waals surface area contributed by atoms with Crippen LogP contribution in [0.5, 0.6) is 0 Å². The summed E-state index contributed by atoms with van der Waals surface area (Å²) in [5.41, 5.74) is 4.87. The highest BCUT2D eigenvalue weighted by Crippen LogP contribution is 2.29. The number of benzene rings is 1. The lowest BCUT2D eigenvalue weighted by Crippen LogP contribution is -2.44. The number of thioether (sulfide) groups is 1. The average molecular weight is 349 g/mol. The fraction of sp³-hybridized carbons (Fsp3) is 0.300. The molecule has 5 heteroatoms. The van der Waals surface area contributed by atoms with E-state index in [-0.39, 0.29) is 5.91 Å². The molecule has 1 fully saturated rings. The number of hydrogen-bond donors (Lipinski definition) is 1. The Morgan fingerprint density at radius 1 is 1.28 bits per heavy atom. The summed E-state index contributed by atoms with van der Waals surface area (Å²) in [6, 6.07) is 12.2. The summed E-state index contributed by atoms with van der Waals surface area (Å²) in [4.78, 5) is 12.7. The van der Waals surface area contributed by atoms with Crippen LogP contribution in [0.15, 0.2) is 42.6 Å². The fourth-order valence-corrected chi connectivity index (χ4v) is 3.95. The third-order valence-corrected chi connectivity index (χ3v) is 5.99. The Hall–Kier alpha value is -2.45. The van der Waals surface area contributed by atoms with E-state index in [1.165, 1.54) is 5.56 Å². The van der Waals surface area contributed by atoms with E-state index < -0.39 is 0 Å². The number of nitriles is 1. The van der Waals surface area contributed by atoms with Gasteiger partial charge in [0.25, 0.3) is 5.91 Å². The molecule has 0 atom stereocenters. The van der Waals surface area contributed by atoms with Crippen molar-refractivity contribution in [3.8, 4) is 6.07 Å². The lowest BCUT2D eigenvalue weighted by molar-refractivity contribution is -0.116. The maximum atomic E-state index is 12.7. The van der Waals surface area contributed by atoms with Gasteiger partial charge in [0.05, 0.1) is 22.9 Å². The number of aromatic nitrogens is 1. The molecule has 0 spiro atoms. The summed E-state index contributed by atoms with van der Waals surface area (Å²) in [7, 11) is 0. The molecule has 0 bridgehead atoms. The van der Waals surface area contributed by atoms with Crippen LogP contribution in [-0.2, 0) is 17.8 Å². The van der Waals surface area contributed by atoms with E-state index in [2.05, 4.69) is 34.3 Å². The smallest absolute Gasteiger partial charge is 0.253 e. The van der Waals surface area contributed by atoms with Gasteiger partial charge in [0, 0.05) is 30.3 Å². The lowest BCUT2D eigenvalue weighted by Gasteiger charge is -2.27. The lowest BCUT2D eigenvalue weighted by atomic mass is 9.96. The molecule has 1 aromatic carbocycles. The molecule has 4 rings (SSSR count). The van der Waals surface area contributed by atoms with Gasteiger partial charge in [0.1, 0.15) is 0 Å². The number of carbonyl (C=O) groups is 1. The number of carbonyl (C=O) groups excluding carboxylic acids is 1. The predicted molar refractivity (Wildman–Crippen MR) is 100 cm³/mol. The normalized spacial score (nSPS) is 16.4. The van der Waals surface area contributed by atoms with E-state index in [9.17, 15) is 4.79 Å². The van der Waals surface area contributed by atoms with Crippen LogP contribution in [0.2, 0.25) is 0 Å². The second kappa shape index (κ2) is 6.81. The van der Waals surface area contributed by atoms with Crippen molar-refractivity contribution >= 4 is 23.2 Å². The van der Waals surface area contributed by atoms with Crippen molar-refractivity contribution < 1.29 is 4.79 Å². The molecule has 0 unspecified atom stereocenters. The summed E-state index contributed by atoms with van der Waals surface area (Å²) in [6.45, 7) is 0.699. The first-order valence-corrected chi connectivity index (χ1v) is 9.66. The van der Waals surface area contributed by atoms with Gasteiger partial charge < -0.3 is 9.88 Å². The molecule has 1 saturated heterocycles. The molecule has 0 radical (unpaired) electrons. The van der Waals surface area contributed by atoms with Gasteiger partial charge >= 0.3 is 0 Å². The Kier molecular flexibility index (Phi) is 4.37. The van der Waals surface area contributed by atoms with E-state index in [4.69, 9.17) is 5.26 Å². The van der Waals surface area contributed by atoms with E-state index in [0.717, 1.165) is 41.2 Å². The maximum Gasteiger partial charge on any atom is 0.253 e. The first-order chi connectivity index (χ1) is 12.2. The quantitative estimate of drug-likeness (QED) is 0.923. The van der Waals surface area contributed by atoms with Gasteiger partial charge in [-0.3, -0.25) is 4.79 Å². The van der Waals surface area contributed by atoms with Gasteiger partial charge in [-0.2, -0.15) is 17.0 Å². The Bertz CT molecular complexity index is 869. The topological polar surface area (TPSA) is 57.8 Å². The number of fused-ring (bicyclic) bond motifs is 1. The van der Waals surface area contributed by atoms with Crippen molar-refractivity contribution in [3.63, 3.8) is 0 Å². The van der Waals surface area contributed by atoms with Crippen molar-refractivity contribution in [2.75, 3.05) is 11.5 Å². The van der Waals surface area contributed by atoms with Crippen molar-refractivity contribution in [2.24, 2.45) is 0 Å². The number of rotatable bonds is 4. The van der Waals surface area contributed by atoms with E-state index in [0.29, 0.717) is 18.2 Å². The number of allylic oxidation sites excluding steroid dienone is 1. The third kappa shape index (κ3) is 3.22. The van der Waals surface area contributed by atoms with Crippen LogP contribution in [-0.4, -0.2) is 28.0 Å². The monoisotopic (exact) mass is 349 g/mol. The summed E-state index contributed by atoms with van der Waals surface area (Å²) in [5, 5.41) is 12.1. The van der Waals surface area contributed by atoms with Crippen LogP contribution in [0, 0.1) is 11.3 Å². The minimum atomic E-state index is 0.0472. The molecule has 2 aliphatic rings. The van der Waals surface area contributed by atoms with E-state index in [1.54, 1.807) is 0 Å². The number of amides is 1. The second-order valence-electron chi connectivity index (χ2n) is 6.49. The number of hydrogen-bond acceptors (Lipinski definition) is 3.